The number of aromatic nitrogens is 2. The van der Waals surface area contributed by atoms with Crippen LogP contribution in [-0.2, 0) is 5.88 Å². The minimum atomic E-state index is 0.419. The summed E-state index contributed by atoms with van der Waals surface area (Å²) in [4.78, 5) is 7.44. The average molecular weight is 249 g/mol. The fourth-order valence-electron chi connectivity index (χ4n) is 1.75. The summed E-state index contributed by atoms with van der Waals surface area (Å²) >= 11 is 7.47. The summed E-state index contributed by atoms with van der Waals surface area (Å²) in [6.45, 7) is 0. The number of aromatic amines is 1. The third-order valence-electron chi connectivity index (χ3n) is 2.53. The van der Waals surface area contributed by atoms with Crippen LogP contribution in [0.1, 0.15) is 5.82 Å². The van der Waals surface area contributed by atoms with E-state index in [2.05, 4.69) is 39.6 Å². The van der Waals surface area contributed by atoms with Crippen LogP contribution in [0.3, 0.4) is 0 Å². The molecule has 0 aliphatic carbocycles. The number of hydrogen-bond donors (Lipinski definition) is 1. The molecule has 0 saturated carbocycles. The molecular weight excluding hydrogens is 240 g/mol. The van der Waals surface area contributed by atoms with Crippen LogP contribution >= 0.6 is 22.9 Å². The van der Waals surface area contributed by atoms with Gasteiger partial charge in [0.15, 0.2) is 0 Å². The first-order chi connectivity index (χ1) is 7.88. The van der Waals surface area contributed by atoms with E-state index in [0.29, 0.717) is 5.88 Å². The Morgan fingerprint density at radius 2 is 2.19 bits per heavy atom. The summed E-state index contributed by atoms with van der Waals surface area (Å²) in [5.41, 5.74) is 2.23. The van der Waals surface area contributed by atoms with Crippen LogP contribution in [0.25, 0.3) is 21.3 Å². The van der Waals surface area contributed by atoms with Gasteiger partial charge in [0.05, 0.1) is 17.8 Å². The molecule has 0 radical (unpaired) electrons. The molecule has 0 atom stereocenters. The first-order valence-electron chi connectivity index (χ1n) is 4.95. The van der Waals surface area contributed by atoms with Crippen LogP contribution in [0.5, 0.6) is 0 Å². The van der Waals surface area contributed by atoms with Gasteiger partial charge in [-0.1, -0.05) is 18.2 Å². The highest BCUT2D eigenvalue weighted by Crippen LogP contribution is 2.32. The molecule has 80 valence electrons. The molecule has 1 aromatic carbocycles. The van der Waals surface area contributed by atoms with Crippen molar-refractivity contribution in [1.29, 1.82) is 0 Å². The Kier molecular flexibility index (Phi) is 2.42. The summed E-state index contributed by atoms with van der Waals surface area (Å²) in [7, 11) is 0. The zero-order chi connectivity index (χ0) is 11.0. The Hall–Kier alpha value is -1.32. The number of fused-ring (bicyclic) bond motifs is 1. The Morgan fingerprint density at radius 1 is 1.31 bits per heavy atom. The van der Waals surface area contributed by atoms with Gasteiger partial charge in [-0.25, -0.2) is 4.98 Å². The van der Waals surface area contributed by atoms with Crippen molar-refractivity contribution in [3.05, 3.63) is 41.7 Å². The molecular formula is C12H9ClN2S. The van der Waals surface area contributed by atoms with E-state index < -0.39 is 0 Å². The van der Waals surface area contributed by atoms with E-state index in [9.17, 15) is 0 Å². The molecule has 2 heterocycles. The summed E-state index contributed by atoms with van der Waals surface area (Å²) in [5, 5.41) is 3.41. The Morgan fingerprint density at radius 3 is 3.00 bits per heavy atom. The molecule has 0 spiro atoms. The van der Waals surface area contributed by atoms with Gasteiger partial charge < -0.3 is 4.98 Å². The Bertz CT molecular complexity index is 627. The number of rotatable bonds is 2. The fraction of sp³-hybridized carbons (Fsp3) is 0.0833. The molecule has 0 fully saturated rings. The van der Waals surface area contributed by atoms with Gasteiger partial charge in [-0.15, -0.1) is 22.9 Å². The van der Waals surface area contributed by atoms with E-state index in [1.54, 1.807) is 11.3 Å². The van der Waals surface area contributed by atoms with Crippen molar-refractivity contribution in [1.82, 2.24) is 9.97 Å². The molecule has 3 rings (SSSR count). The van der Waals surface area contributed by atoms with Gasteiger partial charge in [-0.2, -0.15) is 0 Å². The van der Waals surface area contributed by atoms with Crippen molar-refractivity contribution in [3.63, 3.8) is 0 Å². The van der Waals surface area contributed by atoms with Gasteiger partial charge in [0.1, 0.15) is 5.82 Å². The maximum Gasteiger partial charge on any atom is 0.121 e. The summed E-state index contributed by atoms with van der Waals surface area (Å²) in [5.74, 6) is 1.23. The Labute approximate surface area is 102 Å². The van der Waals surface area contributed by atoms with E-state index >= 15 is 0 Å². The first kappa shape index (κ1) is 9.87. The molecule has 0 aliphatic heterocycles. The zero-order valence-corrected chi connectivity index (χ0v) is 9.98. The molecule has 1 N–H and O–H groups in total. The number of thiophene rings is 1. The van der Waals surface area contributed by atoms with E-state index in [-0.39, 0.29) is 0 Å². The van der Waals surface area contributed by atoms with Crippen LogP contribution < -0.4 is 0 Å². The first-order valence-corrected chi connectivity index (χ1v) is 6.36. The van der Waals surface area contributed by atoms with Crippen LogP contribution in [0, 0.1) is 0 Å². The van der Waals surface area contributed by atoms with Crippen LogP contribution in [-0.4, -0.2) is 9.97 Å². The third kappa shape index (κ3) is 1.52. The van der Waals surface area contributed by atoms with Crippen molar-refractivity contribution in [2.75, 3.05) is 0 Å². The van der Waals surface area contributed by atoms with Gasteiger partial charge in [0.2, 0.25) is 0 Å². The van der Waals surface area contributed by atoms with Crippen LogP contribution in [0.15, 0.2) is 35.8 Å². The highest BCUT2D eigenvalue weighted by molar-refractivity contribution is 7.17. The number of benzene rings is 1. The lowest BCUT2D eigenvalue weighted by Crippen LogP contribution is -1.79. The number of alkyl halides is 1. The van der Waals surface area contributed by atoms with Gasteiger partial charge in [-0.05, 0) is 6.07 Å². The molecule has 0 aliphatic rings. The molecule has 2 nitrogen and oxygen atoms in total. The smallest absolute Gasteiger partial charge is 0.121 e. The molecule has 0 bridgehead atoms. The lowest BCUT2D eigenvalue weighted by atomic mass is 10.1. The van der Waals surface area contributed by atoms with E-state index in [0.717, 1.165) is 11.5 Å². The second-order valence-corrected chi connectivity index (χ2v) is 4.70. The number of halogens is 1. The SMILES string of the molecule is ClCc1ncc(-c2csc3ccccc23)[nH]1. The second kappa shape index (κ2) is 3.92. The minimum Gasteiger partial charge on any atom is -0.341 e. The van der Waals surface area contributed by atoms with E-state index in [1.807, 2.05) is 6.20 Å². The normalized spacial score (nSPS) is 11.1. The van der Waals surface area contributed by atoms with Crippen LogP contribution in [0.4, 0.5) is 0 Å². The number of nitrogens with zero attached hydrogens (tertiary/aromatic N) is 1. The van der Waals surface area contributed by atoms with E-state index in [1.165, 1.54) is 15.6 Å². The van der Waals surface area contributed by atoms with Crippen LogP contribution in [0.2, 0.25) is 0 Å². The molecule has 4 heteroatoms. The van der Waals surface area contributed by atoms with Crippen molar-refractivity contribution < 1.29 is 0 Å². The zero-order valence-electron chi connectivity index (χ0n) is 8.40. The molecule has 0 unspecified atom stereocenters. The summed E-state index contributed by atoms with van der Waals surface area (Å²) in [6.07, 6.45) is 1.84. The lowest BCUT2D eigenvalue weighted by molar-refractivity contribution is 1.12. The van der Waals surface area contributed by atoms with E-state index in [4.69, 9.17) is 11.6 Å². The molecule has 0 amide bonds. The Balaban J connectivity index is 2.18. The maximum atomic E-state index is 5.73. The summed E-state index contributed by atoms with van der Waals surface area (Å²) < 4.78 is 1.29. The molecule has 3 aromatic rings. The predicted molar refractivity (Wildman–Crippen MR) is 69.0 cm³/mol. The molecule has 16 heavy (non-hydrogen) atoms. The number of hydrogen-bond acceptors (Lipinski definition) is 2. The summed E-state index contributed by atoms with van der Waals surface area (Å²) in [6, 6.07) is 8.36. The van der Waals surface area contributed by atoms with Gasteiger partial charge in [0.25, 0.3) is 0 Å². The topological polar surface area (TPSA) is 28.7 Å². The molecule has 2 aromatic heterocycles. The van der Waals surface area contributed by atoms with Gasteiger partial charge in [-0.3, -0.25) is 0 Å². The van der Waals surface area contributed by atoms with Crippen molar-refractivity contribution >= 4 is 33.0 Å². The lowest BCUT2D eigenvalue weighted by Gasteiger charge is -1.94. The second-order valence-electron chi connectivity index (χ2n) is 3.52. The minimum absolute atomic E-state index is 0.419. The number of nitrogens with one attached hydrogen (secondary N) is 1. The maximum absolute atomic E-state index is 5.73. The van der Waals surface area contributed by atoms with Gasteiger partial charge >= 0.3 is 0 Å². The number of imidazole rings is 1. The highest BCUT2D eigenvalue weighted by atomic mass is 35.5. The highest BCUT2D eigenvalue weighted by Gasteiger charge is 2.08. The molecule has 0 saturated heterocycles. The van der Waals surface area contributed by atoms with Gasteiger partial charge in [0, 0.05) is 21.0 Å². The number of H-pyrrole nitrogens is 1. The van der Waals surface area contributed by atoms with Crippen molar-refractivity contribution in [3.8, 4) is 11.3 Å². The average Bonchev–Trinajstić information content (AvgIpc) is 2.94. The third-order valence-corrected chi connectivity index (χ3v) is 3.74. The quantitative estimate of drug-likeness (QED) is 0.682. The largest absolute Gasteiger partial charge is 0.341 e. The predicted octanol–water partition coefficient (Wildman–Crippen LogP) is 4.03. The van der Waals surface area contributed by atoms with Crippen molar-refractivity contribution in [2.24, 2.45) is 0 Å². The van der Waals surface area contributed by atoms with Crippen molar-refractivity contribution in [2.45, 2.75) is 5.88 Å². The fourth-order valence-corrected chi connectivity index (χ4v) is 2.85. The monoisotopic (exact) mass is 248 g/mol. The standard InChI is InChI=1S/C12H9ClN2S/c13-5-12-14-6-10(15-12)9-7-16-11-4-2-1-3-8(9)11/h1-4,6-7H,5H2,(H,14,15).